The number of pyridine rings is 2. The monoisotopic (exact) mass is 441 g/mol. The third-order valence-electron chi connectivity index (χ3n) is 6.09. The van der Waals surface area contributed by atoms with Crippen LogP contribution in [-0.4, -0.2) is 31.7 Å². The molecule has 3 aromatic carbocycles. The van der Waals surface area contributed by atoms with Gasteiger partial charge in [0.15, 0.2) is 0 Å². The average molecular weight is 441 g/mol. The van der Waals surface area contributed by atoms with E-state index in [1.165, 1.54) is 0 Å². The lowest BCUT2D eigenvalue weighted by atomic mass is 9.80. The number of hydrogen-bond acceptors (Lipinski definition) is 4. The van der Waals surface area contributed by atoms with E-state index in [2.05, 4.69) is 44.9 Å². The zero-order valence-electron chi connectivity index (χ0n) is 18.2. The zero-order valence-corrected chi connectivity index (χ0v) is 18.2. The standard InChI is InChI=1S/C28H20BN3O2/c33-29(34)21-11-12-24-23-7-1-2-10-27(23)32(28(24)18-21)22-16-19(25-8-3-5-13-30-25)15-20(17-22)26-9-4-6-14-31-26/h1-18,33-34H. The van der Waals surface area contributed by atoms with Crippen LogP contribution in [-0.2, 0) is 0 Å². The van der Waals surface area contributed by atoms with Crippen LogP contribution in [0, 0.1) is 0 Å². The van der Waals surface area contributed by atoms with Crippen molar-refractivity contribution in [2.75, 3.05) is 0 Å². The Bertz CT molecular complexity index is 1570. The lowest BCUT2D eigenvalue weighted by Crippen LogP contribution is -2.29. The summed E-state index contributed by atoms with van der Waals surface area (Å²) < 4.78 is 2.16. The average Bonchev–Trinajstić information content (AvgIpc) is 3.23. The first-order valence-corrected chi connectivity index (χ1v) is 11.1. The number of nitrogens with zero attached hydrogens (tertiary/aromatic N) is 3. The maximum Gasteiger partial charge on any atom is 0.488 e. The fraction of sp³-hybridized carbons (Fsp3) is 0. The van der Waals surface area contributed by atoms with Gasteiger partial charge in [-0.2, -0.15) is 0 Å². The van der Waals surface area contributed by atoms with Gasteiger partial charge in [-0.1, -0.05) is 42.5 Å². The molecular weight excluding hydrogens is 421 g/mol. The number of rotatable bonds is 4. The van der Waals surface area contributed by atoms with Crippen molar-refractivity contribution in [2.45, 2.75) is 0 Å². The first-order chi connectivity index (χ1) is 16.7. The lowest BCUT2D eigenvalue weighted by Gasteiger charge is -2.13. The second-order valence-electron chi connectivity index (χ2n) is 8.20. The predicted molar refractivity (Wildman–Crippen MR) is 137 cm³/mol. The quantitative estimate of drug-likeness (QED) is 0.393. The van der Waals surface area contributed by atoms with E-state index in [0.717, 1.165) is 50.0 Å². The second kappa shape index (κ2) is 8.26. The first-order valence-electron chi connectivity index (χ1n) is 11.1. The van der Waals surface area contributed by atoms with Crippen LogP contribution in [0.5, 0.6) is 0 Å². The molecule has 0 aliphatic rings. The molecule has 0 aliphatic carbocycles. The number of hydrogen-bond donors (Lipinski definition) is 2. The van der Waals surface area contributed by atoms with E-state index in [1.54, 1.807) is 18.5 Å². The molecule has 0 unspecified atom stereocenters. The Hall–Kier alpha value is -4.26. The maximum absolute atomic E-state index is 9.83. The fourth-order valence-corrected chi connectivity index (χ4v) is 4.53. The molecule has 6 heteroatoms. The van der Waals surface area contributed by atoms with E-state index in [0.29, 0.717) is 5.46 Å². The van der Waals surface area contributed by atoms with Gasteiger partial charge in [0.1, 0.15) is 0 Å². The highest BCUT2D eigenvalue weighted by Gasteiger charge is 2.18. The molecular formula is C28H20BN3O2. The van der Waals surface area contributed by atoms with Crippen LogP contribution in [0.4, 0.5) is 0 Å². The predicted octanol–water partition coefficient (Wildman–Crippen LogP) is 4.59. The molecule has 6 rings (SSSR count). The molecule has 0 saturated carbocycles. The van der Waals surface area contributed by atoms with Crippen LogP contribution < -0.4 is 5.46 Å². The largest absolute Gasteiger partial charge is 0.488 e. The molecule has 0 spiro atoms. The first kappa shape index (κ1) is 20.4. The number of para-hydroxylation sites is 1. The van der Waals surface area contributed by atoms with Crippen molar-refractivity contribution in [1.82, 2.24) is 14.5 Å². The highest BCUT2D eigenvalue weighted by Crippen LogP contribution is 2.35. The number of benzene rings is 3. The molecule has 3 aromatic heterocycles. The third kappa shape index (κ3) is 3.46. The number of aromatic nitrogens is 3. The molecule has 6 aromatic rings. The summed E-state index contributed by atoms with van der Waals surface area (Å²) in [5.74, 6) is 0. The van der Waals surface area contributed by atoms with Gasteiger partial charge in [0.05, 0.1) is 22.4 Å². The molecule has 0 atom stereocenters. The number of fused-ring (bicyclic) bond motifs is 3. The summed E-state index contributed by atoms with van der Waals surface area (Å²) in [5.41, 5.74) is 7.01. The van der Waals surface area contributed by atoms with E-state index in [4.69, 9.17) is 0 Å². The van der Waals surface area contributed by atoms with Gasteiger partial charge in [0, 0.05) is 40.0 Å². The minimum absolute atomic E-state index is 0.447. The molecule has 34 heavy (non-hydrogen) atoms. The lowest BCUT2D eigenvalue weighted by molar-refractivity contribution is 0.426. The van der Waals surface area contributed by atoms with Crippen molar-refractivity contribution in [2.24, 2.45) is 0 Å². The zero-order chi connectivity index (χ0) is 23.1. The normalized spacial score (nSPS) is 11.2. The van der Waals surface area contributed by atoms with Crippen LogP contribution in [0.1, 0.15) is 0 Å². The SMILES string of the molecule is OB(O)c1ccc2c3ccccc3n(-c3cc(-c4ccccn4)cc(-c4ccccn4)c3)c2c1. The minimum Gasteiger partial charge on any atom is -0.423 e. The Balaban J connectivity index is 1.69. The highest BCUT2D eigenvalue weighted by atomic mass is 16.4. The Kier molecular flexibility index (Phi) is 4.95. The molecule has 162 valence electrons. The van der Waals surface area contributed by atoms with Crippen molar-refractivity contribution in [3.05, 3.63) is 109 Å². The van der Waals surface area contributed by atoms with Crippen molar-refractivity contribution < 1.29 is 10.0 Å². The van der Waals surface area contributed by atoms with Gasteiger partial charge in [-0.25, -0.2) is 0 Å². The van der Waals surface area contributed by atoms with Crippen molar-refractivity contribution in [3.8, 4) is 28.2 Å². The topological polar surface area (TPSA) is 71.2 Å². The summed E-state index contributed by atoms with van der Waals surface area (Å²) in [5, 5.41) is 21.8. The summed E-state index contributed by atoms with van der Waals surface area (Å²) in [7, 11) is -1.54. The molecule has 5 nitrogen and oxygen atoms in total. The molecule has 0 fully saturated rings. The van der Waals surface area contributed by atoms with E-state index in [-0.39, 0.29) is 0 Å². The van der Waals surface area contributed by atoms with Gasteiger partial charge in [-0.15, -0.1) is 0 Å². The van der Waals surface area contributed by atoms with Crippen molar-refractivity contribution >= 4 is 34.4 Å². The highest BCUT2D eigenvalue weighted by molar-refractivity contribution is 6.59. The smallest absolute Gasteiger partial charge is 0.423 e. The van der Waals surface area contributed by atoms with Crippen LogP contribution in [0.2, 0.25) is 0 Å². The fourth-order valence-electron chi connectivity index (χ4n) is 4.53. The molecule has 0 aliphatic heterocycles. The molecule has 0 radical (unpaired) electrons. The van der Waals surface area contributed by atoms with E-state index < -0.39 is 7.12 Å². The van der Waals surface area contributed by atoms with Gasteiger partial charge >= 0.3 is 7.12 Å². The minimum atomic E-state index is -1.54. The van der Waals surface area contributed by atoms with Crippen LogP contribution in [0.3, 0.4) is 0 Å². The van der Waals surface area contributed by atoms with Crippen LogP contribution in [0.25, 0.3) is 50.0 Å². The Morgan fingerprint density at radius 1 is 0.588 bits per heavy atom. The van der Waals surface area contributed by atoms with E-state index in [9.17, 15) is 10.0 Å². The maximum atomic E-state index is 9.83. The van der Waals surface area contributed by atoms with Gasteiger partial charge in [0.2, 0.25) is 0 Å². The van der Waals surface area contributed by atoms with Crippen LogP contribution in [0.15, 0.2) is 109 Å². The molecule has 0 amide bonds. The van der Waals surface area contributed by atoms with Gasteiger partial charge in [0.25, 0.3) is 0 Å². The van der Waals surface area contributed by atoms with Gasteiger partial charge in [-0.3, -0.25) is 9.97 Å². The van der Waals surface area contributed by atoms with Gasteiger partial charge < -0.3 is 14.6 Å². The van der Waals surface area contributed by atoms with Crippen LogP contribution >= 0.6 is 0 Å². The Morgan fingerprint density at radius 2 is 1.21 bits per heavy atom. The molecule has 3 heterocycles. The summed E-state index contributed by atoms with van der Waals surface area (Å²) in [6.07, 6.45) is 3.58. The summed E-state index contributed by atoms with van der Waals surface area (Å²) in [6.45, 7) is 0. The summed E-state index contributed by atoms with van der Waals surface area (Å²) >= 11 is 0. The van der Waals surface area contributed by atoms with Crippen molar-refractivity contribution in [1.29, 1.82) is 0 Å². The molecule has 2 N–H and O–H groups in total. The summed E-state index contributed by atoms with van der Waals surface area (Å²) in [6, 6.07) is 31.8. The third-order valence-corrected chi connectivity index (χ3v) is 6.09. The Morgan fingerprint density at radius 3 is 1.82 bits per heavy atom. The summed E-state index contributed by atoms with van der Waals surface area (Å²) in [4.78, 5) is 9.14. The van der Waals surface area contributed by atoms with E-state index >= 15 is 0 Å². The Labute approximate surface area is 196 Å². The molecule has 0 saturated heterocycles. The van der Waals surface area contributed by atoms with E-state index in [1.807, 2.05) is 60.7 Å². The van der Waals surface area contributed by atoms with Gasteiger partial charge in [-0.05, 0) is 60.1 Å². The second-order valence-corrected chi connectivity index (χ2v) is 8.20. The molecule has 0 bridgehead atoms. The van der Waals surface area contributed by atoms with Crippen molar-refractivity contribution in [3.63, 3.8) is 0 Å².